The molecule has 0 saturated carbocycles. The summed E-state index contributed by atoms with van der Waals surface area (Å²) in [4.78, 5) is 16.8. The van der Waals surface area contributed by atoms with Crippen molar-refractivity contribution in [3.63, 3.8) is 0 Å². The minimum Gasteiger partial charge on any atom is -0.496 e. The highest BCUT2D eigenvalue weighted by Gasteiger charge is 2.07. The summed E-state index contributed by atoms with van der Waals surface area (Å²) < 4.78 is 5.35. The zero-order chi connectivity index (χ0) is 20.4. The first-order valence-corrected chi connectivity index (χ1v) is 9.62. The molecule has 0 aliphatic rings. The number of methoxy groups -OCH3 is 1. The normalized spacial score (nSPS) is 10.7. The average molecular weight is 531 g/mol. The Bertz CT molecular complexity index is 830. The summed E-state index contributed by atoms with van der Waals surface area (Å²) in [5.74, 6) is 1.37. The number of aliphatic imine (C=N–C) groups is 1. The number of benzene rings is 2. The molecule has 0 radical (unpaired) electrons. The number of guanidine groups is 1. The van der Waals surface area contributed by atoms with Gasteiger partial charge >= 0.3 is 0 Å². The van der Waals surface area contributed by atoms with Gasteiger partial charge in [0, 0.05) is 35.8 Å². The highest BCUT2D eigenvalue weighted by molar-refractivity contribution is 14.0. The Morgan fingerprint density at radius 2 is 1.90 bits per heavy atom. The molecule has 2 aromatic carbocycles. The number of para-hydroxylation sites is 1. The van der Waals surface area contributed by atoms with E-state index in [0.29, 0.717) is 30.5 Å². The lowest BCUT2D eigenvalue weighted by Gasteiger charge is -2.13. The van der Waals surface area contributed by atoms with Gasteiger partial charge in [0.05, 0.1) is 13.7 Å². The second-order valence-corrected chi connectivity index (χ2v) is 6.55. The van der Waals surface area contributed by atoms with E-state index in [1.807, 2.05) is 50.2 Å². The van der Waals surface area contributed by atoms with Crippen LogP contribution in [0.3, 0.4) is 0 Å². The molecule has 0 aromatic heterocycles. The van der Waals surface area contributed by atoms with Crippen molar-refractivity contribution in [2.24, 2.45) is 4.99 Å². The molecular weight excluding hydrogens is 503 g/mol. The number of hydrogen-bond donors (Lipinski definition) is 3. The first-order valence-electron chi connectivity index (χ1n) is 9.24. The summed E-state index contributed by atoms with van der Waals surface area (Å²) in [6, 6.07) is 13.2. The molecule has 0 bridgehead atoms. The van der Waals surface area contributed by atoms with Crippen LogP contribution in [-0.2, 0) is 11.3 Å². The molecule has 3 N–H and O–H groups in total. The summed E-state index contributed by atoms with van der Waals surface area (Å²) in [6.07, 6.45) is 0.311. The predicted molar refractivity (Wildman–Crippen MR) is 131 cm³/mol. The second kappa shape index (κ2) is 13.3. The molecule has 0 atom stereocenters. The fraction of sp³-hybridized carbons (Fsp3) is 0.333. The summed E-state index contributed by atoms with van der Waals surface area (Å²) >= 11 is 6.09. The summed E-state index contributed by atoms with van der Waals surface area (Å²) in [5, 5.41) is 9.88. The molecule has 0 heterocycles. The Balaban J connectivity index is 0.00000420. The number of nitrogens with zero attached hydrogens (tertiary/aromatic N) is 1. The van der Waals surface area contributed by atoms with E-state index >= 15 is 0 Å². The number of amides is 1. The number of anilines is 1. The van der Waals surface area contributed by atoms with E-state index < -0.39 is 0 Å². The quantitative estimate of drug-likeness (QED) is 0.269. The van der Waals surface area contributed by atoms with Crippen molar-refractivity contribution < 1.29 is 9.53 Å². The van der Waals surface area contributed by atoms with Crippen LogP contribution in [0.4, 0.5) is 5.69 Å². The van der Waals surface area contributed by atoms with E-state index in [4.69, 9.17) is 16.3 Å². The number of carbonyl (C=O) groups is 1. The smallest absolute Gasteiger partial charge is 0.226 e. The van der Waals surface area contributed by atoms with Crippen molar-refractivity contribution in [2.75, 3.05) is 25.5 Å². The fourth-order valence-corrected chi connectivity index (χ4v) is 2.76. The molecule has 158 valence electrons. The van der Waals surface area contributed by atoms with Crippen LogP contribution < -0.4 is 20.7 Å². The Hall–Kier alpha value is -2.00. The van der Waals surface area contributed by atoms with Crippen molar-refractivity contribution in [1.82, 2.24) is 10.6 Å². The van der Waals surface area contributed by atoms with Crippen LogP contribution in [0.25, 0.3) is 0 Å². The maximum absolute atomic E-state index is 12.2. The van der Waals surface area contributed by atoms with Gasteiger partial charge in [-0.1, -0.05) is 35.9 Å². The van der Waals surface area contributed by atoms with Crippen LogP contribution >= 0.6 is 35.6 Å². The van der Waals surface area contributed by atoms with Crippen molar-refractivity contribution in [1.29, 1.82) is 0 Å². The predicted octanol–water partition coefficient (Wildman–Crippen LogP) is 4.36. The number of hydrogen-bond acceptors (Lipinski definition) is 3. The Kier molecular flexibility index (Phi) is 11.5. The van der Waals surface area contributed by atoms with Gasteiger partial charge in [-0.05, 0) is 37.6 Å². The van der Waals surface area contributed by atoms with Gasteiger partial charge in [-0.2, -0.15) is 0 Å². The SMILES string of the molecule is CCNC(=NCc1ccccc1OC)NCCC(=O)Nc1cccc(Cl)c1C.I. The molecule has 0 aliphatic heterocycles. The van der Waals surface area contributed by atoms with Crippen LogP contribution in [0.1, 0.15) is 24.5 Å². The molecule has 0 unspecified atom stereocenters. The van der Waals surface area contributed by atoms with E-state index in [0.717, 1.165) is 29.1 Å². The Labute approximate surface area is 194 Å². The van der Waals surface area contributed by atoms with E-state index in [9.17, 15) is 4.79 Å². The average Bonchev–Trinajstić information content (AvgIpc) is 2.70. The van der Waals surface area contributed by atoms with E-state index in [2.05, 4.69) is 20.9 Å². The van der Waals surface area contributed by atoms with Crippen molar-refractivity contribution in [3.05, 3.63) is 58.6 Å². The minimum atomic E-state index is -0.0848. The maximum atomic E-state index is 12.2. The first kappa shape index (κ1) is 25.0. The van der Waals surface area contributed by atoms with E-state index in [1.165, 1.54) is 0 Å². The van der Waals surface area contributed by atoms with E-state index in [-0.39, 0.29) is 29.9 Å². The van der Waals surface area contributed by atoms with Crippen molar-refractivity contribution in [3.8, 4) is 5.75 Å². The lowest BCUT2D eigenvalue weighted by Crippen LogP contribution is -2.38. The lowest BCUT2D eigenvalue weighted by molar-refractivity contribution is -0.116. The highest BCUT2D eigenvalue weighted by atomic mass is 127. The van der Waals surface area contributed by atoms with E-state index in [1.54, 1.807) is 13.2 Å². The second-order valence-electron chi connectivity index (χ2n) is 6.14. The molecule has 29 heavy (non-hydrogen) atoms. The summed E-state index contributed by atoms with van der Waals surface area (Å²) in [6.45, 7) is 5.54. The zero-order valence-corrected chi connectivity index (χ0v) is 20.0. The standard InChI is InChI=1S/C21H27ClN4O2.HI/c1-4-23-21(25-14-16-8-5-6-11-19(16)28-3)24-13-12-20(27)26-18-10-7-9-17(22)15(18)2;/h5-11H,4,12-14H2,1-3H3,(H,26,27)(H2,23,24,25);1H. The molecule has 2 aromatic rings. The zero-order valence-electron chi connectivity index (χ0n) is 16.9. The third kappa shape index (κ3) is 8.10. The number of ether oxygens (including phenoxy) is 1. The number of nitrogens with one attached hydrogen (secondary N) is 3. The van der Waals surface area contributed by atoms with Crippen LogP contribution in [0.5, 0.6) is 5.75 Å². The van der Waals surface area contributed by atoms with Crippen LogP contribution in [0, 0.1) is 6.92 Å². The third-order valence-electron chi connectivity index (χ3n) is 4.13. The third-order valence-corrected chi connectivity index (χ3v) is 4.54. The number of carbonyl (C=O) groups excluding carboxylic acids is 1. The number of rotatable bonds is 8. The van der Waals surface area contributed by atoms with Crippen LogP contribution in [0.2, 0.25) is 5.02 Å². The number of halogens is 2. The molecule has 8 heteroatoms. The van der Waals surface area contributed by atoms with Crippen LogP contribution in [-0.4, -0.2) is 32.1 Å². The molecular formula is C21H28ClIN4O2. The first-order chi connectivity index (χ1) is 13.5. The van der Waals surface area contributed by atoms with Crippen molar-refractivity contribution >= 4 is 53.1 Å². The lowest BCUT2D eigenvalue weighted by atomic mass is 10.2. The van der Waals surface area contributed by atoms with Gasteiger partial charge in [-0.15, -0.1) is 24.0 Å². The fourth-order valence-electron chi connectivity index (χ4n) is 2.59. The molecule has 0 spiro atoms. The maximum Gasteiger partial charge on any atom is 0.226 e. The van der Waals surface area contributed by atoms with Crippen molar-refractivity contribution in [2.45, 2.75) is 26.8 Å². The van der Waals surface area contributed by atoms with Gasteiger partial charge in [0.1, 0.15) is 5.75 Å². The molecule has 6 nitrogen and oxygen atoms in total. The topological polar surface area (TPSA) is 74.8 Å². The molecule has 0 aliphatic carbocycles. The van der Waals surface area contributed by atoms with Gasteiger partial charge in [0.25, 0.3) is 0 Å². The largest absolute Gasteiger partial charge is 0.496 e. The molecule has 2 rings (SSSR count). The summed E-state index contributed by atoms with van der Waals surface area (Å²) in [5.41, 5.74) is 2.59. The van der Waals surface area contributed by atoms with Gasteiger partial charge in [0.15, 0.2) is 5.96 Å². The van der Waals surface area contributed by atoms with Gasteiger partial charge in [-0.3, -0.25) is 4.79 Å². The Morgan fingerprint density at radius 3 is 2.62 bits per heavy atom. The molecule has 0 fully saturated rings. The minimum absolute atomic E-state index is 0. The van der Waals surface area contributed by atoms with Gasteiger partial charge < -0.3 is 20.7 Å². The molecule has 1 amide bonds. The monoisotopic (exact) mass is 530 g/mol. The van der Waals surface area contributed by atoms with Gasteiger partial charge in [-0.25, -0.2) is 4.99 Å². The highest BCUT2D eigenvalue weighted by Crippen LogP contribution is 2.23. The summed E-state index contributed by atoms with van der Waals surface area (Å²) in [7, 11) is 1.65. The van der Waals surface area contributed by atoms with Gasteiger partial charge in [0.2, 0.25) is 5.91 Å². The van der Waals surface area contributed by atoms with Crippen LogP contribution in [0.15, 0.2) is 47.5 Å². The molecule has 0 saturated heterocycles. The Morgan fingerprint density at radius 1 is 1.14 bits per heavy atom.